The minimum absolute atomic E-state index is 0.123. The fraction of sp³-hybridized carbons (Fsp3) is 0.125. The van der Waals surface area contributed by atoms with Crippen molar-refractivity contribution in [1.29, 1.82) is 0 Å². The van der Waals surface area contributed by atoms with E-state index in [0.29, 0.717) is 22.0 Å². The number of rotatable bonds is 5. The van der Waals surface area contributed by atoms with Crippen molar-refractivity contribution in [3.05, 3.63) is 58.9 Å². The molecule has 0 saturated heterocycles. The maximum atomic E-state index is 12.9. The molecule has 5 nitrogen and oxygen atoms in total. The smallest absolute Gasteiger partial charge is 0.255 e. The minimum atomic E-state index is -0.407. The van der Waals surface area contributed by atoms with Crippen LogP contribution in [-0.2, 0) is 9.53 Å². The van der Waals surface area contributed by atoms with Crippen LogP contribution in [0, 0.1) is 5.82 Å². The Morgan fingerprint density at radius 3 is 2.48 bits per heavy atom. The molecule has 2 amide bonds. The standard InChI is InChI=1S/C16H14ClFN2O3/c1-23-9-15(21)20-14-8-10(2-7-13(14)17)16(22)19-12-5-3-11(18)4-6-12/h2-8H,9H2,1H3,(H,19,22)(H,20,21). The Kier molecular flexibility index (Phi) is 5.67. The predicted octanol–water partition coefficient (Wildman–Crippen LogP) is 3.32. The van der Waals surface area contributed by atoms with E-state index in [4.69, 9.17) is 16.3 Å². The molecule has 0 fully saturated rings. The second-order valence-corrected chi connectivity index (χ2v) is 5.04. The summed E-state index contributed by atoms with van der Waals surface area (Å²) < 4.78 is 17.6. The lowest BCUT2D eigenvalue weighted by Crippen LogP contribution is -2.18. The van der Waals surface area contributed by atoms with Crippen LogP contribution >= 0.6 is 11.6 Å². The highest BCUT2D eigenvalue weighted by molar-refractivity contribution is 6.34. The number of carbonyl (C=O) groups is 2. The first kappa shape index (κ1) is 16.9. The number of halogens is 2. The SMILES string of the molecule is COCC(=O)Nc1cc(C(=O)Nc2ccc(F)cc2)ccc1Cl. The normalized spacial score (nSPS) is 10.2. The van der Waals surface area contributed by atoms with E-state index in [9.17, 15) is 14.0 Å². The van der Waals surface area contributed by atoms with Crippen LogP contribution in [0.5, 0.6) is 0 Å². The highest BCUT2D eigenvalue weighted by Gasteiger charge is 2.11. The van der Waals surface area contributed by atoms with Crippen LogP contribution in [0.25, 0.3) is 0 Å². The number of hydrogen-bond donors (Lipinski definition) is 2. The quantitative estimate of drug-likeness (QED) is 0.880. The second-order valence-electron chi connectivity index (χ2n) is 4.64. The summed E-state index contributed by atoms with van der Waals surface area (Å²) in [5.74, 6) is -1.18. The summed E-state index contributed by atoms with van der Waals surface area (Å²) in [6.07, 6.45) is 0. The van der Waals surface area contributed by atoms with E-state index in [1.54, 1.807) is 0 Å². The lowest BCUT2D eigenvalue weighted by atomic mass is 10.1. The molecule has 2 aromatic rings. The first-order valence-electron chi connectivity index (χ1n) is 6.65. The van der Waals surface area contributed by atoms with Gasteiger partial charge in [0, 0.05) is 18.4 Å². The third-order valence-corrected chi connectivity index (χ3v) is 3.21. The summed E-state index contributed by atoms with van der Waals surface area (Å²) in [7, 11) is 1.40. The van der Waals surface area contributed by atoms with Gasteiger partial charge in [-0.05, 0) is 42.5 Å². The Labute approximate surface area is 137 Å². The van der Waals surface area contributed by atoms with Crippen LogP contribution in [-0.4, -0.2) is 25.5 Å². The number of methoxy groups -OCH3 is 1. The molecule has 0 spiro atoms. The predicted molar refractivity (Wildman–Crippen MR) is 86.3 cm³/mol. The summed E-state index contributed by atoms with van der Waals surface area (Å²) in [5, 5.41) is 5.48. The van der Waals surface area contributed by atoms with Crippen molar-refractivity contribution in [2.75, 3.05) is 24.4 Å². The zero-order valence-electron chi connectivity index (χ0n) is 12.2. The van der Waals surface area contributed by atoms with Crippen LogP contribution in [0.15, 0.2) is 42.5 Å². The highest BCUT2D eigenvalue weighted by Crippen LogP contribution is 2.23. The van der Waals surface area contributed by atoms with Gasteiger partial charge in [0.05, 0.1) is 10.7 Å². The summed E-state index contributed by atoms with van der Waals surface area (Å²) in [5.41, 5.74) is 1.06. The van der Waals surface area contributed by atoms with Gasteiger partial charge in [-0.25, -0.2) is 4.39 Å². The Bertz CT molecular complexity index is 720. The van der Waals surface area contributed by atoms with Gasteiger partial charge in [0.1, 0.15) is 12.4 Å². The largest absolute Gasteiger partial charge is 0.375 e. The molecule has 2 N–H and O–H groups in total. The topological polar surface area (TPSA) is 67.4 Å². The van der Waals surface area contributed by atoms with Crippen molar-refractivity contribution in [3.8, 4) is 0 Å². The van der Waals surface area contributed by atoms with Crippen molar-refractivity contribution >= 4 is 34.8 Å². The van der Waals surface area contributed by atoms with Crippen LogP contribution in [0.1, 0.15) is 10.4 Å². The van der Waals surface area contributed by atoms with E-state index in [1.165, 1.54) is 49.6 Å². The number of amides is 2. The number of benzene rings is 2. The third kappa shape index (κ3) is 4.77. The van der Waals surface area contributed by atoms with Gasteiger partial charge in [0.15, 0.2) is 0 Å². The molecule has 0 atom stereocenters. The van der Waals surface area contributed by atoms with Crippen molar-refractivity contribution < 1.29 is 18.7 Å². The zero-order valence-corrected chi connectivity index (χ0v) is 13.0. The average molecular weight is 337 g/mol. The molecule has 23 heavy (non-hydrogen) atoms. The van der Waals surface area contributed by atoms with Crippen molar-refractivity contribution in [1.82, 2.24) is 0 Å². The van der Waals surface area contributed by atoms with Gasteiger partial charge in [-0.3, -0.25) is 9.59 Å². The number of hydrogen-bond acceptors (Lipinski definition) is 3. The second kappa shape index (κ2) is 7.71. The van der Waals surface area contributed by atoms with Gasteiger partial charge >= 0.3 is 0 Å². The van der Waals surface area contributed by atoms with E-state index in [0.717, 1.165) is 0 Å². The summed E-state index contributed by atoms with van der Waals surface area (Å²) >= 11 is 5.99. The minimum Gasteiger partial charge on any atom is -0.375 e. The van der Waals surface area contributed by atoms with Gasteiger partial charge in [-0.1, -0.05) is 11.6 Å². The molecule has 0 heterocycles. The molecule has 0 bridgehead atoms. The summed E-state index contributed by atoms with van der Waals surface area (Å²) in [4.78, 5) is 23.7. The number of anilines is 2. The van der Waals surface area contributed by atoms with Crippen LogP contribution in [0.3, 0.4) is 0 Å². The first-order valence-corrected chi connectivity index (χ1v) is 7.02. The van der Waals surface area contributed by atoms with Gasteiger partial charge in [0.25, 0.3) is 5.91 Å². The van der Waals surface area contributed by atoms with E-state index in [2.05, 4.69) is 10.6 Å². The van der Waals surface area contributed by atoms with Crippen molar-refractivity contribution in [2.45, 2.75) is 0 Å². The Morgan fingerprint density at radius 2 is 1.83 bits per heavy atom. The maximum Gasteiger partial charge on any atom is 0.255 e. The summed E-state index contributed by atoms with van der Waals surface area (Å²) in [6.45, 7) is -0.123. The lowest BCUT2D eigenvalue weighted by Gasteiger charge is -2.10. The van der Waals surface area contributed by atoms with Gasteiger partial charge in [-0.2, -0.15) is 0 Å². The summed E-state index contributed by atoms with van der Waals surface area (Å²) in [6, 6.07) is 9.86. The molecule has 2 aromatic carbocycles. The molecule has 0 aliphatic rings. The fourth-order valence-electron chi connectivity index (χ4n) is 1.82. The van der Waals surface area contributed by atoms with Crippen LogP contribution in [0.2, 0.25) is 5.02 Å². The molecule has 0 radical (unpaired) electrons. The molecule has 0 unspecified atom stereocenters. The average Bonchev–Trinajstić information content (AvgIpc) is 2.52. The molecule has 2 rings (SSSR count). The van der Waals surface area contributed by atoms with Crippen LogP contribution in [0.4, 0.5) is 15.8 Å². The van der Waals surface area contributed by atoms with E-state index in [1.807, 2.05) is 0 Å². The zero-order chi connectivity index (χ0) is 16.8. The highest BCUT2D eigenvalue weighted by atomic mass is 35.5. The van der Waals surface area contributed by atoms with Crippen LogP contribution < -0.4 is 10.6 Å². The molecule has 120 valence electrons. The van der Waals surface area contributed by atoms with Crippen molar-refractivity contribution in [2.24, 2.45) is 0 Å². The van der Waals surface area contributed by atoms with Gasteiger partial charge in [-0.15, -0.1) is 0 Å². The van der Waals surface area contributed by atoms with E-state index >= 15 is 0 Å². The van der Waals surface area contributed by atoms with Gasteiger partial charge in [0.2, 0.25) is 5.91 Å². The Hall–Kier alpha value is -2.44. The molecule has 0 aromatic heterocycles. The molecule has 0 aliphatic carbocycles. The molecular formula is C16H14ClFN2O3. The Morgan fingerprint density at radius 1 is 1.13 bits per heavy atom. The van der Waals surface area contributed by atoms with Gasteiger partial charge < -0.3 is 15.4 Å². The molecule has 7 heteroatoms. The monoisotopic (exact) mass is 336 g/mol. The van der Waals surface area contributed by atoms with E-state index < -0.39 is 11.7 Å². The van der Waals surface area contributed by atoms with E-state index in [-0.39, 0.29) is 12.5 Å². The Balaban J connectivity index is 2.14. The van der Waals surface area contributed by atoms with Crippen molar-refractivity contribution in [3.63, 3.8) is 0 Å². The number of nitrogens with one attached hydrogen (secondary N) is 2. The molecule has 0 saturated carbocycles. The fourth-order valence-corrected chi connectivity index (χ4v) is 1.98. The number of ether oxygens (including phenoxy) is 1. The molecular weight excluding hydrogens is 323 g/mol. The third-order valence-electron chi connectivity index (χ3n) is 2.88. The molecule has 0 aliphatic heterocycles. The number of carbonyl (C=O) groups excluding carboxylic acids is 2. The maximum absolute atomic E-state index is 12.9. The lowest BCUT2D eigenvalue weighted by molar-refractivity contribution is -0.119. The first-order chi connectivity index (χ1) is 11.0.